The van der Waals surface area contributed by atoms with Crippen LogP contribution < -0.4 is 5.32 Å². The fourth-order valence-corrected chi connectivity index (χ4v) is 0.648. The minimum absolute atomic E-state index is 0.0623. The Morgan fingerprint density at radius 1 is 1.33 bits per heavy atom. The summed E-state index contributed by atoms with van der Waals surface area (Å²) in [5, 5.41) is 2.53. The minimum Gasteiger partial charge on any atom is -0.347 e. The molecule has 0 unspecified atom stereocenters. The molecule has 0 rings (SSSR count). The highest BCUT2D eigenvalue weighted by atomic mass is 16.2. The molecule has 0 radical (unpaired) electrons. The second-order valence-corrected chi connectivity index (χ2v) is 2.81. The van der Waals surface area contributed by atoms with Gasteiger partial charge in [-0.3, -0.25) is 9.59 Å². The van der Waals surface area contributed by atoms with Crippen LogP contribution in [-0.2, 0) is 9.59 Å². The molecule has 2 amide bonds. The van der Waals surface area contributed by atoms with Gasteiger partial charge in [-0.15, -0.1) is 0 Å². The summed E-state index contributed by atoms with van der Waals surface area (Å²) in [5.74, 6) is -0.146. The number of carbonyl (C=O) groups is 2. The van der Waals surface area contributed by atoms with Crippen molar-refractivity contribution in [3.05, 3.63) is 0 Å². The Labute approximate surface area is 72.9 Å². The van der Waals surface area contributed by atoms with Crippen molar-refractivity contribution in [1.82, 2.24) is 10.2 Å². The maximum absolute atomic E-state index is 11.0. The van der Waals surface area contributed by atoms with Crippen molar-refractivity contribution in [3.8, 4) is 0 Å². The van der Waals surface area contributed by atoms with Gasteiger partial charge in [-0.1, -0.05) is 6.92 Å². The zero-order valence-corrected chi connectivity index (χ0v) is 7.89. The molecule has 70 valence electrons. The molecule has 4 heteroatoms. The van der Waals surface area contributed by atoms with E-state index in [4.69, 9.17) is 0 Å². The lowest BCUT2D eigenvalue weighted by atomic mass is 10.3. The van der Waals surface area contributed by atoms with Gasteiger partial charge in [0, 0.05) is 20.5 Å². The van der Waals surface area contributed by atoms with Crippen molar-refractivity contribution in [2.45, 2.75) is 19.8 Å². The maximum atomic E-state index is 11.0. The highest BCUT2D eigenvalue weighted by molar-refractivity contribution is 5.84. The molecule has 1 N–H and O–H groups in total. The fourth-order valence-electron chi connectivity index (χ4n) is 0.648. The van der Waals surface area contributed by atoms with Crippen molar-refractivity contribution in [2.24, 2.45) is 0 Å². The third-order valence-corrected chi connectivity index (χ3v) is 1.41. The third kappa shape index (κ3) is 4.71. The SMILES string of the molecule is CCCC(=O)NCC(=O)N(C)C. The van der Waals surface area contributed by atoms with Crippen LogP contribution in [0.15, 0.2) is 0 Å². The van der Waals surface area contributed by atoms with Crippen LogP contribution in [0.5, 0.6) is 0 Å². The van der Waals surface area contributed by atoms with Crippen LogP contribution in [0, 0.1) is 0 Å². The summed E-state index contributed by atoms with van der Waals surface area (Å²) in [6.45, 7) is 2.03. The summed E-state index contributed by atoms with van der Waals surface area (Å²) >= 11 is 0. The second kappa shape index (κ2) is 5.57. The van der Waals surface area contributed by atoms with Gasteiger partial charge in [-0.05, 0) is 6.42 Å². The normalized spacial score (nSPS) is 9.25. The smallest absolute Gasteiger partial charge is 0.241 e. The van der Waals surface area contributed by atoms with Gasteiger partial charge in [0.2, 0.25) is 11.8 Å². The summed E-state index contributed by atoms with van der Waals surface area (Å²) in [5.41, 5.74) is 0. The van der Waals surface area contributed by atoms with Crippen LogP contribution >= 0.6 is 0 Å². The second-order valence-electron chi connectivity index (χ2n) is 2.81. The molecule has 0 aliphatic rings. The first kappa shape index (κ1) is 10.9. The molecular weight excluding hydrogens is 156 g/mol. The minimum atomic E-state index is -0.0838. The highest BCUT2D eigenvalue weighted by Gasteiger charge is 2.05. The molecule has 0 aliphatic carbocycles. The van der Waals surface area contributed by atoms with Crippen LogP contribution in [0.25, 0.3) is 0 Å². The van der Waals surface area contributed by atoms with Gasteiger partial charge < -0.3 is 10.2 Å². The lowest BCUT2D eigenvalue weighted by molar-refractivity contribution is -0.130. The first-order chi connectivity index (χ1) is 5.57. The van der Waals surface area contributed by atoms with Crippen LogP contribution in [-0.4, -0.2) is 37.4 Å². The van der Waals surface area contributed by atoms with Gasteiger partial charge in [-0.25, -0.2) is 0 Å². The average molecular weight is 172 g/mol. The Hall–Kier alpha value is -1.06. The molecule has 12 heavy (non-hydrogen) atoms. The Morgan fingerprint density at radius 3 is 2.33 bits per heavy atom. The monoisotopic (exact) mass is 172 g/mol. The van der Waals surface area contributed by atoms with E-state index in [1.807, 2.05) is 6.92 Å². The van der Waals surface area contributed by atoms with Crippen molar-refractivity contribution < 1.29 is 9.59 Å². The molecule has 0 atom stereocenters. The number of hydrogen-bond donors (Lipinski definition) is 1. The number of hydrogen-bond acceptors (Lipinski definition) is 2. The highest BCUT2D eigenvalue weighted by Crippen LogP contribution is 1.85. The first-order valence-corrected chi connectivity index (χ1v) is 4.04. The maximum Gasteiger partial charge on any atom is 0.241 e. The van der Waals surface area contributed by atoms with Gasteiger partial charge in [0.1, 0.15) is 0 Å². The Balaban J connectivity index is 3.54. The molecule has 0 saturated heterocycles. The van der Waals surface area contributed by atoms with Gasteiger partial charge in [0.25, 0.3) is 0 Å². The first-order valence-electron chi connectivity index (χ1n) is 4.04. The topological polar surface area (TPSA) is 49.4 Å². The van der Waals surface area contributed by atoms with Crippen molar-refractivity contribution in [1.29, 1.82) is 0 Å². The van der Waals surface area contributed by atoms with Crippen molar-refractivity contribution in [2.75, 3.05) is 20.6 Å². The summed E-state index contributed by atoms with van der Waals surface area (Å²) in [7, 11) is 3.32. The predicted octanol–water partition coefficient (Wildman–Crippen LogP) is -0.00910. The largest absolute Gasteiger partial charge is 0.347 e. The fraction of sp³-hybridized carbons (Fsp3) is 0.750. The van der Waals surface area contributed by atoms with E-state index >= 15 is 0 Å². The van der Waals surface area contributed by atoms with E-state index in [0.717, 1.165) is 6.42 Å². The summed E-state index contributed by atoms with van der Waals surface area (Å²) in [4.78, 5) is 23.3. The van der Waals surface area contributed by atoms with Crippen LogP contribution in [0.4, 0.5) is 0 Å². The lowest BCUT2D eigenvalue weighted by Gasteiger charge is -2.10. The zero-order chi connectivity index (χ0) is 9.56. The van der Waals surface area contributed by atoms with Gasteiger partial charge in [-0.2, -0.15) is 0 Å². The molecule has 4 nitrogen and oxygen atoms in total. The quantitative estimate of drug-likeness (QED) is 0.648. The number of amides is 2. The van der Waals surface area contributed by atoms with Crippen LogP contribution in [0.2, 0.25) is 0 Å². The Morgan fingerprint density at radius 2 is 1.92 bits per heavy atom. The molecule has 0 heterocycles. The van der Waals surface area contributed by atoms with E-state index in [2.05, 4.69) is 5.32 Å². The molecule has 0 aromatic carbocycles. The molecule has 0 aliphatic heterocycles. The van der Waals surface area contributed by atoms with Gasteiger partial charge >= 0.3 is 0 Å². The van der Waals surface area contributed by atoms with E-state index < -0.39 is 0 Å². The Kier molecular flexibility index (Phi) is 5.08. The molecule has 0 bridgehead atoms. The molecular formula is C8H16N2O2. The van der Waals surface area contributed by atoms with Crippen LogP contribution in [0.1, 0.15) is 19.8 Å². The molecule has 0 saturated carbocycles. The number of nitrogens with one attached hydrogen (secondary N) is 1. The summed E-state index contributed by atoms with van der Waals surface area (Å²) in [6.07, 6.45) is 1.29. The molecule has 0 spiro atoms. The number of likely N-dealkylation sites (N-methyl/N-ethyl adjacent to an activating group) is 1. The standard InChI is InChI=1S/C8H16N2O2/c1-4-5-7(11)9-6-8(12)10(2)3/h4-6H2,1-3H3,(H,9,11). The van der Waals surface area contributed by atoms with E-state index in [1.165, 1.54) is 4.90 Å². The molecule has 0 aromatic rings. The number of nitrogens with zero attached hydrogens (tertiary/aromatic N) is 1. The van der Waals surface area contributed by atoms with E-state index in [9.17, 15) is 9.59 Å². The lowest BCUT2D eigenvalue weighted by Crippen LogP contribution is -2.36. The number of rotatable bonds is 4. The van der Waals surface area contributed by atoms with E-state index in [0.29, 0.717) is 6.42 Å². The van der Waals surface area contributed by atoms with E-state index in [1.54, 1.807) is 14.1 Å². The van der Waals surface area contributed by atoms with Crippen molar-refractivity contribution >= 4 is 11.8 Å². The third-order valence-electron chi connectivity index (χ3n) is 1.41. The molecule has 0 fully saturated rings. The predicted molar refractivity (Wildman–Crippen MR) is 46.6 cm³/mol. The molecule has 0 aromatic heterocycles. The van der Waals surface area contributed by atoms with Crippen molar-refractivity contribution in [3.63, 3.8) is 0 Å². The van der Waals surface area contributed by atoms with E-state index in [-0.39, 0.29) is 18.4 Å². The number of carbonyl (C=O) groups excluding carboxylic acids is 2. The average Bonchev–Trinajstić information content (AvgIpc) is 2.00. The van der Waals surface area contributed by atoms with Gasteiger partial charge in [0.05, 0.1) is 6.54 Å². The zero-order valence-electron chi connectivity index (χ0n) is 7.89. The van der Waals surface area contributed by atoms with Crippen LogP contribution in [0.3, 0.4) is 0 Å². The summed E-state index contributed by atoms with van der Waals surface area (Å²) in [6, 6.07) is 0. The summed E-state index contributed by atoms with van der Waals surface area (Å²) < 4.78 is 0. The van der Waals surface area contributed by atoms with Gasteiger partial charge in [0.15, 0.2) is 0 Å². The Bertz CT molecular complexity index is 166.